The van der Waals surface area contributed by atoms with Crippen molar-refractivity contribution in [2.75, 3.05) is 11.9 Å². The van der Waals surface area contributed by atoms with Gasteiger partial charge in [-0.3, -0.25) is 0 Å². The first kappa shape index (κ1) is 14.7. The molecule has 0 aliphatic heterocycles. The predicted molar refractivity (Wildman–Crippen MR) is 84.0 cm³/mol. The summed E-state index contributed by atoms with van der Waals surface area (Å²) in [6.07, 6.45) is 3.52. The van der Waals surface area contributed by atoms with Gasteiger partial charge in [-0.15, -0.1) is 0 Å². The Balaban J connectivity index is 2.16. The van der Waals surface area contributed by atoms with Crippen LogP contribution in [0.2, 0.25) is 0 Å². The van der Waals surface area contributed by atoms with Crippen LogP contribution in [0.15, 0.2) is 41.2 Å². The summed E-state index contributed by atoms with van der Waals surface area (Å²) in [6.45, 7) is 8.23. The van der Waals surface area contributed by atoms with Gasteiger partial charge in [0.2, 0.25) is 0 Å². The van der Waals surface area contributed by atoms with E-state index in [2.05, 4.69) is 56.2 Å². The minimum absolute atomic E-state index is 0.488. The third-order valence-corrected chi connectivity index (χ3v) is 3.35. The minimum atomic E-state index is 0.488. The molecule has 0 saturated carbocycles. The molecule has 1 heterocycles. The van der Waals surface area contributed by atoms with Gasteiger partial charge in [-0.1, -0.05) is 31.5 Å². The molecule has 0 bridgehead atoms. The van der Waals surface area contributed by atoms with E-state index in [0.717, 1.165) is 13.1 Å². The molecule has 0 amide bonds. The molecule has 1 aromatic heterocycles. The van der Waals surface area contributed by atoms with Crippen molar-refractivity contribution in [3.63, 3.8) is 0 Å². The molecular weight excluding hydrogens is 248 g/mol. The normalized spacial score (nSPS) is 11.1. The Kier molecular flexibility index (Phi) is 4.85. The molecule has 0 fully saturated rings. The Morgan fingerprint density at radius 3 is 2.70 bits per heavy atom. The molecular formula is C17H24N2O. The lowest BCUT2D eigenvalue weighted by Gasteiger charge is -2.23. The molecule has 2 rings (SSSR count). The van der Waals surface area contributed by atoms with Crippen LogP contribution in [-0.2, 0) is 13.1 Å². The summed E-state index contributed by atoms with van der Waals surface area (Å²) in [5, 5.41) is 3.50. The SMILES string of the molecule is Cc1ccc(N(C)Cc2ccoc2)c(CNC(C)C)c1. The second-order valence-corrected chi connectivity index (χ2v) is 5.66. The van der Waals surface area contributed by atoms with Gasteiger partial charge in [-0.25, -0.2) is 0 Å². The third-order valence-electron chi connectivity index (χ3n) is 3.35. The Hall–Kier alpha value is -1.74. The van der Waals surface area contributed by atoms with Gasteiger partial charge >= 0.3 is 0 Å². The van der Waals surface area contributed by atoms with Crippen molar-refractivity contribution >= 4 is 5.69 Å². The largest absolute Gasteiger partial charge is 0.472 e. The quantitative estimate of drug-likeness (QED) is 0.868. The zero-order chi connectivity index (χ0) is 14.5. The molecule has 0 atom stereocenters. The summed E-state index contributed by atoms with van der Waals surface area (Å²) >= 11 is 0. The maximum absolute atomic E-state index is 5.14. The fourth-order valence-corrected chi connectivity index (χ4v) is 2.28. The number of nitrogens with zero attached hydrogens (tertiary/aromatic N) is 1. The van der Waals surface area contributed by atoms with Gasteiger partial charge in [0.05, 0.1) is 12.5 Å². The van der Waals surface area contributed by atoms with Gasteiger partial charge in [0.15, 0.2) is 0 Å². The number of furan rings is 1. The van der Waals surface area contributed by atoms with E-state index in [0.29, 0.717) is 6.04 Å². The first-order valence-electron chi connectivity index (χ1n) is 7.11. The molecule has 1 aromatic carbocycles. The van der Waals surface area contributed by atoms with E-state index >= 15 is 0 Å². The van der Waals surface area contributed by atoms with Crippen molar-refractivity contribution in [3.05, 3.63) is 53.5 Å². The molecule has 0 saturated heterocycles. The van der Waals surface area contributed by atoms with E-state index in [9.17, 15) is 0 Å². The smallest absolute Gasteiger partial charge is 0.0952 e. The number of anilines is 1. The maximum Gasteiger partial charge on any atom is 0.0952 e. The van der Waals surface area contributed by atoms with Gasteiger partial charge in [-0.2, -0.15) is 0 Å². The molecule has 0 radical (unpaired) electrons. The molecule has 0 aliphatic rings. The van der Waals surface area contributed by atoms with Gasteiger partial charge in [0.1, 0.15) is 0 Å². The highest BCUT2D eigenvalue weighted by Gasteiger charge is 2.09. The number of nitrogens with one attached hydrogen (secondary N) is 1. The highest BCUT2D eigenvalue weighted by molar-refractivity contribution is 5.54. The highest BCUT2D eigenvalue weighted by atomic mass is 16.3. The molecule has 0 spiro atoms. The first-order chi connectivity index (χ1) is 9.56. The van der Waals surface area contributed by atoms with Crippen molar-refractivity contribution in [2.45, 2.75) is 39.9 Å². The lowest BCUT2D eigenvalue weighted by molar-refractivity contribution is 0.563. The van der Waals surface area contributed by atoms with Crippen LogP contribution in [0, 0.1) is 6.92 Å². The van der Waals surface area contributed by atoms with Crippen LogP contribution in [0.25, 0.3) is 0 Å². The van der Waals surface area contributed by atoms with Crippen LogP contribution < -0.4 is 10.2 Å². The van der Waals surface area contributed by atoms with E-state index in [1.54, 1.807) is 12.5 Å². The van der Waals surface area contributed by atoms with E-state index in [1.807, 2.05) is 6.07 Å². The summed E-state index contributed by atoms with van der Waals surface area (Å²) in [5.41, 5.74) is 5.09. The molecule has 3 heteroatoms. The lowest BCUT2D eigenvalue weighted by atomic mass is 10.1. The van der Waals surface area contributed by atoms with Crippen molar-refractivity contribution in [1.82, 2.24) is 5.32 Å². The van der Waals surface area contributed by atoms with Gasteiger partial charge < -0.3 is 14.6 Å². The van der Waals surface area contributed by atoms with E-state index < -0.39 is 0 Å². The Bertz CT molecular complexity index is 532. The van der Waals surface area contributed by atoms with Crippen LogP contribution >= 0.6 is 0 Å². The van der Waals surface area contributed by atoms with Crippen molar-refractivity contribution in [3.8, 4) is 0 Å². The fourth-order valence-electron chi connectivity index (χ4n) is 2.28. The molecule has 108 valence electrons. The minimum Gasteiger partial charge on any atom is -0.472 e. The highest BCUT2D eigenvalue weighted by Crippen LogP contribution is 2.23. The fraction of sp³-hybridized carbons (Fsp3) is 0.412. The molecule has 3 nitrogen and oxygen atoms in total. The molecule has 0 aliphatic carbocycles. The summed E-state index contributed by atoms with van der Waals surface area (Å²) in [5.74, 6) is 0. The third kappa shape index (κ3) is 3.87. The average molecular weight is 272 g/mol. The number of benzene rings is 1. The van der Waals surface area contributed by atoms with E-state index in [1.165, 1.54) is 22.4 Å². The molecule has 0 unspecified atom stereocenters. The molecule has 1 N–H and O–H groups in total. The summed E-state index contributed by atoms with van der Waals surface area (Å²) < 4.78 is 5.14. The average Bonchev–Trinajstić information content (AvgIpc) is 2.89. The van der Waals surface area contributed by atoms with Crippen molar-refractivity contribution in [2.24, 2.45) is 0 Å². The number of aryl methyl sites for hydroxylation is 1. The van der Waals surface area contributed by atoms with Crippen molar-refractivity contribution < 1.29 is 4.42 Å². The number of rotatable bonds is 6. The Morgan fingerprint density at radius 2 is 2.05 bits per heavy atom. The maximum atomic E-state index is 5.14. The summed E-state index contributed by atoms with van der Waals surface area (Å²) in [7, 11) is 2.12. The molecule has 2 aromatic rings. The first-order valence-corrected chi connectivity index (χ1v) is 7.11. The van der Waals surface area contributed by atoms with E-state index in [4.69, 9.17) is 4.42 Å². The standard InChI is InChI=1S/C17H24N2O/c1-13(2)18-10-16-9-14(3)5-6-17(16)19(4)11-15-7-8-20-12-15/h5-9,12-13,18H,10-11H2,1-4H3. The zero-order valence-electron chi connectivity index (χ0n) is 12.8. The van der Waals surface area contributed by atoms with Crippen LogP contribution in [0.4, 0.5) is 5.69 Å². The Labute approximate surface area is 121 Å². The van der Waals surface area contributed by atoms with Crippen LogP contribution in [-0.4, -0.2) is 13.1 Å². The number of hydrogen-bond donors (Lipinski definition) is 1. The lowest BCUT2D eigenvalue weighted by Crippen LogP contribution is -2.24. The van der Waals surface area contributed by atoms with Crippen LogP contribution in [0.1, 0.15) is 30.5 Å². The van der Waals surface area contributed by atoms with Crippen LogP contribution in [0.5, 0.6) is 0 Å². The van der Waals surface area contributed by atoms with Crippen LogP contribution in [0.3, 0.4) is 0 Å². The second-order valence-electron chi connectivity index (χ2n) is 5.66. The summed E-state index contributed by atoms with van der Waals surface area (Å²) in [6, 6.07) is 9.13. The molecule has 20 heavy (non-hydrogen) atoms. The monoisotopic (exact) mass is 272 g/mol. The Morgan fingerprint density at radius 1 is 1.25 bits per heavy atom. The zero-order valence-corrected chi connectivity index (χ0v) is 12.8. The number of hydrogen-bond acceptors (Lipinski definition) is 3. The van der Waals surface area contributed by atoms with Gasteiger partial charge in [0, 0.05) is 37.4 Å². The van der Waals surface area contributed by atoms with Gasteiger partial charge in [0.25, 0.3) is 0 Å². The second kappa shape index (κ2) is 6.62. The predicted octanol–water partition coefficient (Wildman–Crippen LogP) is 3.72. The van der Waals surface area contributed by atoms with Crippen molar-refractivity contribution in [1.29, 1.82) is 0 Å². The van der Waals surface area contributed by atoms with Gasteiger partial charge in [-0.05, 0) is 24.6 Å². The topological polar surface area (TPSA) is 28.4 Å². The summed E-state index contributed by atoms with van der Waals surface area (Å²) in [4.78, 5) is 2.27. The van der Waals surface area contributed by atoms with E-state index in [-0.39, 0.29) is 0 Å².